The average molecular weight is 529 g/mol. The topological polar surface area (TPSA) is 62.2 Å². The fourth-order valence-electron chi connectivity index (χ4n) is 4.95. The van der Waals surface area contributed by atoms with Crippen LogP contribution in [-0.4, -0.2) is 43.1 Å². The van der Waals surface area contributed by atoms with Crippen molar-refractivity contribution >= 4 is 28.9 Å². The molecule has 3 rings (SSSR count). The van der Waals surface area contributed by atoms with Gasteiger partial charge in [0.15, 0.2) is 11.3 Å². The van der Waals surface area contributed by atoms with Crippen molar-refractivity contribution in [2.75, 3.05) is 13.1 Å². The zero-order valence-electron chi connectivity index (χ0n) is 23.1. The van der Waals surface area contributed by atoms with Crippen molar-refractivity contribution in [2.24, 2.45) is 5.92 Å². The zero-order valence-corrected chi connectivity index (χ0v) is 23.1. The molecule has 9 heteroatoms. The van der Waals surface area contributed by atoms with Gasteiger partial charge in [-0.2, -0.15) is 13.2 Å². The molecule has 38 heavy (non-hydrogen) atoms. The van der Waals surface area contributed by atoms with Crippen LogP contribution in [0, 0.1) is 11.3 Å². The summed E-state index contributed by atoms with van der Waals surface area (Å²) >= 11 is 0. The van der Waals surface area contributed by atoms with Crippen LogP contribution in [0.2, 0.25) is 0 Å². The summed E-state index contributed by atoms with van der Waals surface area (Å²) in [6, 6.07) is 3.52. The molecule has 0 aliphatic heterocycles. The lowest BCUT2D eigenvalue weighted by Gasteiger charge is -2.24. The van der Waals surface area contributed by atoms with Gasteiger partial charge in [0.2, 0.25) is 5.78 Å². The molecule has 3 heterocycles. The molecule has 0 bridgehead atoms. The van der Waals surface area contributed by atoms with Crippen LogP contribution in [0.4, 0.5) is 13.2 Å². The largest absolute Gasteiger partial charge is 0.435 e. The molecule has 1 atom stereocenters. The van der Waals surface area contributed by atoms with E-state index in [-0.39, 0.29) is 23.9 Å². The molecule has 206 valence electrons. The Bertz CT molecular complexity index is 1340. The van der Waals surface area contributed by atoms with Crippen LogP contribution in [0.3, 0.4) is 0 Å². The number of nitrogens with one attached hydrogen (secondary N) is 1. The van der Waals surface area contributed by atoms with Gasteiger partial charge in [0.1, 0.15) is 0 Å². The summed E-state index contributed by atoms with van der Waals surface area (Å²) in [5.74, 6) is 0.297. The standard InChI is InChI=1S/C29H39F3N6/c1-7-12-21(6)16-24(22(10-4)17-33)38-27-23(13-11-14-34-27)37-25(26(29(30,31)32)35-28(37)38)19-36(15-8-2)18-20(5)9-3/h9,11-14,17,20,33H,3,7-8,10,15-16,18-19H2,1-2,4-6H3/b21-12-,24-22+,33-17?. The predicted octanol–water partition coefficient (Wildman–Crippen LogP) is 7.75. The first kappa shape index (κ1) is 29.4. The number of alkyl halides is 3. The summed E-state index contributed by atoms with van der Waals surface area (Å²) < 4.78 is 46.7. The molecule has 0 saturated carbocycles. The van der Waals surface area contributed by atoms with E-state index in [9.17, 15) is 13.2 Å². The molecule has 1 unspecified atom stereocenters. The van der Waals surface area contributed by atoms with Crippen LogP contribution in [0.25, 0.3) is 22.6 Å². The average Bonchev–Trinajstić information content (AvgIpc) is 3.39. The number of imidazole rings is 2. The Labute approximate surface area is 223 Å². The number of pyridine rings is 1. The van der Waals surface area contributed by atoms with E-state index in [0.29, 0.717) is 37.1 Å². The molecule has 6 nitrogen and oxygen atoms in total. The second kappa shape index (κ2) is 12.6. The summed E-state index contributed by atoms with van der Waals surface area (Å²) in [7, 11) is 0. The van der Waals surface area contributed by atoms with Crippen molar-refractivity contribution in [1.82, 2.24) is 23.8 Å². The number of fused-ring (bicyclic) bond motifs is 3. The van der Waals surface area contributed by atoms with Crippen LogP contribution in [0.15, 0.2) is 48.2 Å². The molecule has 0 fully saturated rings. The molecule has 0 radical (unpaired) electrons. The first-order valence-corrected chi connectivity index (χ1v) is 13.3. The molecule has 0 aliphatic rings. The number of aromatic nitrogens is 4. The Morgan fingerprint density at radius 3 is 2.58 bits per heavy atom. The van der Waals surface area contributed by atoms with Gasteiger partial charge in [0.05, 0.1) is 11.2 Å². The van der Waals surface area contributed by atoms with Crippen molar-refractivity contribution in [1.29, 1.82) is 5.41 Å². The number of nitrogens with zero attached hydrogens (tertiary/aromatic N) is 5. The van der Waals surface area contributed by atoms with Crippen LogP contribution >= 0.6 is 0 Å². The van der Waals surface area contributed by atoms with Crippen LogP contribution < -0.4 is 0 Å². The molecule has 0 saturated heterocycles. The number of rotatable bonds is 13. The molecular weight excluding hydrogens is 489 g/mol. The summed E-state index contributed by atoms with van der Waals surface area (Å²) in [6.45, 7) is 15.2. The Kier molecular flexibility index (Phi) is 9.71. The van der Waals surface area contributed by atoms with Gasteiger partial charge in [-0.3, -0.25) is 13.9 Å². The number of hydrogen-bond acceptors (Lipinski definition) is 4. The Morgan fingerprint density at radius 2 is 2.00 bits per heavy atom. The minimum atomic E-state index is -4.63. The minimum absolute atomic E-state index is 0.0923. The molecule has 0 spiro atoms. The lowest BCUT2D eigenvalue weighted by molar-refractivity contribution is -0.141. The van der Waals surface area contributed by atoms with Crippen molar-refractivity contribution in [2.45, 2.75) is 73.0 Å². The van der Waals surface area contributed by atoms with E-state index in [1.807, 2.05) is 45.6 Å². The number of allylic oxidation sites excluding steroid dienone is 4. The summed E-state index contributed by atoms with van der Waals surface area (Å²) in [6.07, 6.45) is 4.90. The first-order valence-electron chi connectivity index (χ1n) is 13.3. The van der Waals surface area contributed by atoms with E-state index in [4.69, 9.17) is 5.41 Å². The SMILES string of the molecule is C=CC(C)CN(CCC)Cc1c(C(F)(F)F)nc2n(/C(C/C(C)=C\CC)=C(/C=N)CC)c3ncccc3n12. The van der Waals surface area contributed by atoms with Gasteiger partial charge in [-0.05, 0) is 56.4 Å². The number of hydrogen-bond donors (Lipinski definition) is 1. The summed E-state index contributed by atoms with van der Waals surface area (Å²) in [5, 5.41) is 8.07. The van der Waals surface area contributed by atoms with Gasteiger partial charge >= 0.3 is 6.18 Å². The smallest absolute Gasteiger partial charge is 0.308 e. The highest BCUT2D eigenvalue weighted by Gasteiger charge is 2.40. The maximum atomic E-state index is 14.5. The monoisotopic (exact) mass is 528 g/mol. The second-order valence-electron chi connectivity index (χ2n) is 9.78. The highest BCUT2D eigenvalue weighted by molar-refractivity contribution is 5.90. The third-order valence-corrected chi connectivity index (χ3v) is 6.70. The van der Waals surface area contributed by atoms with Crippen molar-refractivity contribution in [3.63, 3.8) is 0 Å². The van der Waals surface area contributed by atoms with Gasteiger partial charge in [0.25, 0.3) is 0 Å². The predicted molar refractivity (Wildman–Crippen MR) is 149 cm³/mol. The van der Waals surface area contributed by atoms with Gasteiger partial charge in [-0.25, -0.2) is 9.97 Å². The minimum Gasteiger partial charge on any atom is -0.308 e. The molecule has 0 amide bonds. The van der Waals surface area contributed by atoms with Crippen molar-refractivity contribution < 1.29 is 13.2 Å². The highest BCUT2D eigenvalue weighted by Crippen LogP contribution is 2.37. The molecule has 0 aromatic carbocycles. The fourth-order valence-corrected chi connectivity index (χ4v) is 4.95. The van der Waals surface area contributed by atoms with Gasteiger partial charge in [0, 0.05) is 37.6 Å². The Hall–Kier alpha value is -3.20. The van der Waals surface area contributed by atoms with E-state index in [1.165, 1.54) is 6.21 Å². The molecular formula is C29H39F3N6. The molecule has 0 aliphatic carbocycles. The lowest BCUT2D eigenvalue weighted by Crippen LogP contribution is -2.30. The maximum absolute atomic E-state index is 14.5. The molecule has 1 N–H and O–H groups in total. The van der Waals surface area contributed by atoms with Crippen molar-refractivity contribution in [3.8, 4) is 0 Å². The Balaban J connectivity index is 2.41. The maximum Gasteiger partial charge on any atom is 0.435 e. The Morgan fingerprint density at radius 1 is 1.26 bits per heavy atom. The van der Waals surface area contributed by atoms with Gasteiger partial charge in [-0.15, -0.1) is 6.58 Å². The first-order chi connectivity index (χ1) is 18.1. The molecule has 3 aromatic heterocycles. The zero-order chi connectivity index (χ0) is 28.0. The second-order valence-corrected chi connectivity index (χ2v) is 9.78. The molecule has 3 aromatic rings. The van der Waals surface area contributed by atoms with Gasteiger partial charge < -0.3 is 5.41 Å². The van der Waals surface area contributed by atoms with E-state index < -0.39 is 11.9 Å². The van der Waals surface area contributed by atoms with E-state index in [0.717, 1.165) is 29.7 Å². The lowest BCUT2D eigenvalue weighted by atomic mass is 10.0. The summed E-state index contributed by atoms with van der Waals surface area (Å²) in [4.78, 5) is 10.9. The van der Waals surface area contributed by atoms with Gasteiger partial charge in [-0.1, -0.05) is 45.4 Å². The van der Waals surface area contributed by atoms with Crippen LogP contribution in [0.5, 0.6) is 0 Å². The third-order valence-electron chi connectivity index (χ3n) is 6.70. The van der Waals surface area contributed by atoms with Crippen LogP contribution in [-0.2, 0) is 12.7 Å². The fraction of sp³-hybridized carbons (Fsp3) is 0.483. The quantitative estimate of drug-likeness (QED) is 0.182. The normalized spacial score (nSPS) is 14.4. The van der Waals surface area contributed by atoms with E-state index in [2.05, 4.69) is 22.6 Å². The van der Waals surface area contributed by atoms with Crippen molar-refractivity contribution in [3.05, 3.63) is 59.6 Å². The highest BCUT2D eigenvalue weighted by atomic mass is 19.4. The van der Waals surface area contributed by atoms with E-state index in [1.54, 1.807) is 27.3 Å². The number of halogens is 3. The van der Waals surface area contributed by atoms with E-state index >= 15 is 0 Å². The third kappa shape index (κ3) is 6.09. The van der Waals surface area contributed by atoms with Crippen LogP contribution in [0.1, 0.15) is 71.7 Å². The summed E-state index contributed by atoms with van der Waals surface area (Å²) in [5.41, 5.74) is 2.82.